The molecule has 4 aliphatic rings. The number of hydrogen-bond donors (Lipinski definition) is 1. The molecule has 2 aromatic carbocycles. The number of aromatic nitrogens is 1. The zero-order valence-electron chi connectivity index (χ0n) is 17.9. The number of carbonyl (C=O) groups excluding carboxylic acids is 1. The standard InChI is InChI=1S/C26H22FN3O3/c27-21-7-3-6-20-18(21)13-16-12-15-4-1-2-5-19(15)26(16,20)30-14-28(17-8-9-17)25(33)23-24(32)22(31)10-11-29(23)30/h1-7,10-11,16-17,32H,8-9,12-14H2. The van der Waals surface area contributed by atoms with Crippen molar-refractivity contribution < 1.29 is 14.3 Å². The van der Waals surface area contributed by atoms with Crippen molar-refractivity contribution in [2.24, 2.45) is 5.92 Å². The highest BCUT2D eigenvalue weighted by Gasteiger charge is 2.59. The number of pyridine rings is 1. The summed E-state index contributed by atoms with van der Waals surface area (Å²) in [5.41, 5.74) is 2.60. The van der Waals surface area contributed by atoms with E-state index in [1.807, 2.05) is 18.2 Å². The maximum absolute atomic E-state index is 15.0. The second-order valence-electron chi connectivity index (χ2n) is 9.56. The van der Waals surface area contributed by atoms with Crippen molar-refractivity contribution in [3.8, 4) is 5.75 Å². The van der Waals surface area contributed by atoms with Gasteiger partial charge in [-0.15, -0.1) is 0 Å². The van der Waals surface area contributed by atoms with Crippen LogP contribution in [0.15, 0.2) is 59.5 Å². The SMILES string of the molecule is O=C1c2c(O)c(=O)ccn2N(C23c4ccccc4CC2Cc2c(F)cccc23)CN1C1CC1. The Bertz CT molecular complexity index is 1410. The van der Waals surface area contributed by atoms with Crippen LogP contribution in [0.2, 0.25) is 0 Å². The van der Waals surface area contributed by atoms with Crippen LogP contribution in [0.1, 0.15) is 45.6 Å². The van der Waals surface area contributed by atoms with Crippen molar-refractivity contribution in [2.45, 2.75) is 37.3 Å². The quantitative estimate of drug-likeness (QED) is 0.662. The Balaban J connectivity index is 1.56. The van der Waals surface area contributed by atoms with Crippen LogP contribution in [-0.2, 0) is 18.4 Å². The van der Waals surface area contributed by atoms with Gasteiger partial charge >= 0.3 is 0 Å². The van der Waals surface area contributed by atoms with E-state index in [0.717, 1.165) is 30.4 Å². The molecular weight excluding hydrogens is 421 g/mol. The van der Waals surface area contributed by atoms with Gasteiger partial charge in [-0.3, -0.25) is 19.3 Å². The van der Waals surface area contributed by atoms with E-state index in [-0.39, 0.29) is 29.4 Å². The Morgan fingerprint density at radius 1 is 0.970 bits per heavy atom. The van der Waals surface area contributed by atoms with Gasteiger partial charge in [0, 0.05) is 24.2 Å². The van der Waals surface area contributed by atoms with Gasteiger partial charge in [0.15, 0.2) is 11.4 Å². The minimum Gasteiger partial charge on any atom is -0.502 e. The van der Waals surface area contributed by atoms with E-state index in [0.29, 0.717) is 18.7 Å². The van der Waals surface area contributed by atoms with E-state index >= 15 is 4.39 Å². The highest BCUT2D eigenvalue weighted by molar-refractivity contribution is 5.96. The number of aromatic hydroxyl groups is 1. The predicted molar refractivity (Wildman–Crippen MR) is 119 cm³/mol. The molecule has 0 bridgehead atoms. The summed E-state index contributed by atoms with van der Waals surface area (Å²) in [4.78, 5) is 27.5. The van der Waals surface area contributed by atoms with Crippen LogP contribution >= 0.6 is 0 Å². The molecular formula is C26H22FN3O3. The third-order valence-electron chi connectivity index (χ3n) is 7.92. The molecule has 0 spiro atoms. The van der Waals surface area contributed by atoms with Crippen LogP contribution in [0.3, 0.4) is 0 Å². The van der Waals surface area contributed by atoms with Crippen molar-refractivity contribution in [1.29, 1.82) is 0 Å². The van der Waals surface area contributed by atoms with Gasteiger partial charge in [0.25, 0.3) is 5.91 Å². The molecule has 3 aliphatic carbocycles. The van der Waals surface area contributed by atoms with Gasteiger partial charge in [0.2, 0.25) is 5.43 Å². The highest BCUT2D eigenvalue weighted by atomic mass is 19.1. The lowest BCUT2D eigenvalue weighted by atomic mass is 9.81. The van der Waals surface area contributed by atoms with E-state index in [2.05, 4.69) is 17.1 Å². The summed E-state index contributed by atoms with van der Waals surface area (Å²) in [6.45, 7) is 0.305. The molecule has 33 heavy (non-hydrogen) atoms. The predicted octanol–water partition coefficient (Wildman–Crippen LogP) is 2.88. The number of rotatable bonds is 2. The normalized spacial score (nSPS) is 25.0. The molecule has 0 saturated heterocycles. The molecule has 2 unspecified atom stereocenters. The first-order valence-electron chi connectivity index (χ1n) is 11.4. The van der Waals surface area contributed by atoms with Gasteiger partial charge in [-0.2, -0.15) is 0 Å². The van der Waals surface area contributed by atoms with Gasteiger partial charge in [-0.25, -0.2) is 4.39 Å². The minimum absolute atomic E-state index is 0.0111. The molecule has 1 saturated carbocycles. The van der Waals surface area contributed by atoms with Crippen molar-refractivity contribution >= 4 is 5.91 Å². The van der Waals surface area contributed by atoms with Gasteiger partial charge < -0.3 is 10.0 Å². The van der Waals surface area contributed by atoms with Crippen LogP contribution in [0.25, 0.3) is 0 Å². The maximum Gasteiger partial charge on any atom is 0.278 e. The Morgan fingerprint density at radius 2 is 1.76 bits per heavy atom. The van der Waals surface area contributed by atoms with Crippen molar-refractivity contribution in [1.82, 2.24) is 9.58 Å². The topological polar surface area (TPSA) is 65.8 Å². The van der Waals surface area contributed by atoms with Crippen LogP contribution in [0, 0.1) is 11.7 Å². The first-order valence-corrected chi connectivity index (χ1v) is 11.4. The molecule has 7 heteroatoms. The van der Waals surface area contributed by atoms with Crippen molar-refractivity contribution in [2.75, 3.05) is 11.7 Å². The lowest BCUT2D eigenvalue weighted by molar-refractivity contribution is 0.0630. The highest BCUT2D eigenvalue weighted by Crippen LogP contribution is 2.57. The van der Waals surface area contributed by atoms with Crippen LogP contribution in [-0.4, -0.2) is 33.3 Å². The third kappa shape index (κ3) is 2.27. The number of halogens is 1. The van der Waals surface area contributed by atoms with Crippen LogP contribution in [0.5, 0.6) is 5.75 Å². The monoisotopic (exact) mass is 443 g/mol. The summed E-state index contributed by atoms with van der Waals surface area (Å²) in [6, 6.07) is 14.8. The Labute approximate surface area is 189 Å². The van der Waals surface area contributed by atoms with Gasteiger partial charge in [-0.05, 0) is 54.0 Å². The number of fused-ring (bicyclic) bond motifs is 6. The maximum atomic E-state index is 15.0. The molecule has 7 rings (SSSR count). The molecule has 1 amide bonds. The Hall–Kier alpha value is -3.61. The molecule has 166 valence electrons. The lowest BCUT2D eigenvalue weighted by Gasteiger charge is -2.50. The second-order valence-corrected chi connectivity index (χ2v) is 9.56. The Kier molecular flexibility index (Phi) is 3.58. The Morgan fingerprint density at radius 3 is 2.58 bits per heavy atom. The van der Waals surface area contributed by atoms with E-state index in [9.17, 15) is 14.7 Å². The third-order valence-corrected chi connectivity index (χ3v) is 7.92. The van der Waals surface area contributed by atoms with Crippen LogP contribution in [0.4, 0.5) is 4.39 Å². The molecule has 1 aromatic heterocycles. The molecule has 3 aromatic rings. The lowest BCUT2D eigenvalue weighted by Crippen LogP contribution is -2.63. The van der Waals surface area contributed by atoms with Crippen molar-refractivity contribution in [3.05, 3.63) is 98.7 Å². The molecule has 2 heterocycles. The summed E-state index contributed by atoms with van der Waals surface area (Å²) in [7, 11) is 0. The summed E-state index contributed by atoms with van der Waals surface area (Å²) in [5, 5.41) is 12.8. The van der Waals surface area contributed by atoms with Gasteiger partial charge in [-0.1, -0.05) is 36.4 Å². The molecule has 1 aliphatic heterocycles. The fourth-order valence-corrected chi connectivity index (χ4v) is 6.43. The second kappa shape index (κ2) is 6.25. The number of nitrogens with zero attached hydrogens (tertiary/aromatic N) is 3. The molecule has 6 nitrogen and oxygen atoms in total. The van der Waals surface area contributed by atoms with Crippen molar-refractivity contribution in [3.63, 3.8) is 0 Å². The van der Waals surface area contributed by atoms with E-state index in [1.54, 1.807) is 21.8 Å². The van der Waals surface area contributed by atoms with Gasteiger partial charge in [0.1, 0.15) is 18.0 Å². The largest absolute Gasteiger partial charge is 0.502 e. The van der Waals surface area contributed by atoms with Gasteiger partial charge in [0.05, 0.1) is 0 Å². The molecule has 0 radical (unpaired) electrons. The smallest absolute Gasteiger partial charge is 0.278 e. The zero-order valence-corrected chi connectivity index (χ0v) is 17.9. The number of amides is 1. The molecule has 2 atom stereocenters. The fourth-order valence-electron chi connectivity index (χ4n) is 6.43. The summed E-state index contributed by atoms with van der Waals surface area (Å²) in [5.74, 6) is -1.02. The average Bonchev–Trinajstić information content (AvgIpc) is 3.52. The number of hydrogen-bond acceptors (Lipinski definition) is 4. The first-order chi connectivity index (χ1) is 16.0. The van der Waals surface area contributed by atoms with E-state index in [4.69, 9.17) is 0 Å². The van der Waals surface area contributed by atoms with Crippen LogP contribution < -0.4 is 10.4 Å². The number of benzene rings is 2. The fraction of sp³-hybridized carbons (Fsp3) is 0.308. The average molecular weight is 443 g/mol. The summed E-state index contributed by atoms with van der Waals surface area (Å²) >= 11 is 0. The zero-order chi connectivity index (χ0) is 22.5. The summed E-state index contributed by atoms with van der Waals surface area (Å²) in [6.07, 6.45) is 4.75. The molecule has 1 fully saturated rings. The first kappa shape index (κ1) is 18.9. The number of carbonyl (C=O) groups is 1. The van der Waals surface area contributed by atoms with E-state index in [1.165, 1.54) is 17.7 Å². The molecule has 1 N–H and O–H groups in total. The summed E-state index contributed by atoms with van der Waals surface area (Å²) < 4.78 is 16.7. The minimum atomic E-state index is -0.710. The van der Waals surface area contributed by atoms with E-state index < -0.39 is 16.7 Å².